The lowest BCUT2D eigenvalue weighted by atomic mass is 9.87. The highest BCUT2D eigenvalue weighted by Gasteiger charge is 2.31. The smallest absolute Gasteiger partial charge is 0.0593 e. The van der Waals surface area contributed by atoms with Crippen LogP contribution in [-0.2, 0) is 0 Å². The van der Waals surface area contributed by atoms with Gasteiger partial charge >= 0.3 is 0 Å². The van der Waals surface area contributed by atoms with E-state index in [1.807, 2.05) is 11.3 Å². The Kier molecular flexibility index (Phi) is 4.46. The van der Waals surface area contributed by atoms with Gasteiger partial charge in [-0.2, -0.15) is 0 Å². The molecular weight excluding hydrogens is 240 g/mol. The van der Waals surface area contributed by atoms with Crippen molar-refractivity contribution in [3.05, 3.63) is 21.9 Å². The summed E-state index contributed by atoms with van der Waals surface area (Å²) in [7, 11) is 0. The van der Waals surface area contributed by atoms with Crippen LogP contribution in [0.1, 0.15) is 43.7 Å². The average Bonchev–Trinajstić information content (AvgIpc) is 2.70. The van der Waals surface area contributed by atoms with E-state index in [0.717, 1.165) is 11.8 Å². The van der Waals surface area contributed by atoms with Crippen molar-refractivity contribution < 1.29 is 0 Å². The number of aryl methyl sites for hydroxylation is 1. The molecule has 1 fully saturated rings. The first-order valence-corrected chi connectivity index (χ1v) is 7.92. The van der Waals surface area contributed by atoms with E-state index in [2.05, 4.69) is 44.0 Å². The van der Waals surface area contributed by atoms with E-state index >= 15 is 0 Å². The second kappa shape index (κ2) is 5.72. The van der Waals surface area contributed by atoms with E-state index in [4.69, 9.17) is 5.73 Å². The molecule has 1 aliphatic heterocycles. The van der Waals surface area contributed by atoms with Crippen LogP contribution in [0.25, 0.3) is 0 Å². The quantitative estimate of drug-likeness (QED) is 0.908. The molecule has 18 heavy (non-hydrogen) atoms. The van der Waals surface area contributed by atoms with Gasteiger partial charge in [0.15, 0.2) is 0 Å². The molecule has 0 saturated carbocycles. The standard InChI is InChI=1S/C15H26N2S/c1-10-5-7-17(9-12(10)3)14(13(4)16)15-11(2)6-8-18-15/h6,8,10,12-14H,5,7,9,16H2,1-4H3. The van der Waals surface area contributed by atoms with Crippen molar-refractivity contribution in [2.45, 2.75) is 46.2 Å². The normalized spacial score (nSPS) is 29.2. The lowest BCUT2D eigenvalue weighted by molar-refractivity contribution is 0.0865. The molecule has 3 heteroatoms. The fourth-order valence-corrected chi connectivity index (χ4v) is 4.15. The largest absolute Gasteiger partial charge is 0.326 e. The average molecular weight is 266 g/mol. The summed E-state index contributed by atoms with van der Waals surface area (Å²) >= 11 is 1.86. The summed E-state index contributed by atoms with van der Waals surface area (Å²) in [5.74, 6) is 1.62. The van der Waals surface area contributed by atoms with E-state index in [0.29, 0.717) is 6.04 Å². The fraction of sp³-hybridized carbons (Fsp3) is 0.733. The number of piperidine rings is 1. The Hall–Kier alpha value is -0.380. The monoisotopic (exact) mass is 266 g/mol. The van der Waals surface area contributed by atoms with Gasteiger partial charge in [-0.15, -0.1) is 11.3 Å². The fourth-order valence-electron chi connectivity index (χ4n) is 2.97. The minimum atomic E-state index is 0.197. The van der Waals surface area contributed by atoms with Crippen molar-refractivity contribution in [1.82, 2.24) is 4.90 Å². The summed E-state index contributed by atoms with van der Waals surface area (Å²) in [5.41, 5.74) is 7.67. The zero-order valence-electron chi connectivity index (χ0n) is 12.0. The van der Waals surface area contributed by atoms with Crippen LogP contribution in [0.2, 0.25) is 0 Å². The number of hydrogen-bond donors (Lipinski definition) is 1. The first-order valence-electron chi connectivity index (χ1n) is 7.04. The molecule has 2 nitrogen and oxygen atoms in total. The minimum absolute atomic E-state index is 0.197. The lowest BCUT2D eigenvalue weighted by Gasteiger charge is -2.41. The molecule has 0 spiro atoms. The Labute approximate surface area is 115 Å². The maximum Gasteiger partial charge on any atom is 0.0593 e. The molecule has 1 aliphatic rings. The molecule has 2 N–H and O–H groups in total. The van der Waals surface area contributed by atoms with E-state index in [1.165, 1.54) is 30.0 Å². The van der Waals surface area contributed by atoms with Crippen molar-refractivity contribution in [1.29, 1.82) is 0 Å². The lowest BCUT2D eigenvalue weighted by Crippen LogP contribution is -2.46. The van der Waals surface area contributed by atoms with Crippen LogP contribution >= 0.6 is 11.3 Å². The molecule has 2 heterocycles. The third kappa shape index (κ3) is 2.79. The van der Waals surface area contributed by atoms with Crippen molar-refractivity contribution in [3.63, 3.8) is 0 Å². The Morgan fingerprint density at radius 2 is 2.11 bits per heavy atom. The third-order valence-corrected chi connectivity index (χ3v) is 5.52. The highest BCUT2D eigenvalue weighted by Crippen LogP contribution is 2.35. The third-order valence-electron chi connectivity index (χ3n) is 4.43. The summed E-state index contributed by atoms with van der Waals surface area (Å²) in [5, 5.41) is 2.19. The van der Waals surface area contributed by atoms with Crippen molar-refractivity contribution in [3.8, 4) is 0 Å². The van der Waals surface area contributed by atoms with Gasteiger partial charge in [0, 0.05) is 17.5 Å². The number of thiophene rings is 1. The second-order valence-corrected chi connectivity index (χ2v) is 6.96. The van der Waals surface area contributed by atoms with Crippen LogP contribution in [-0.4, -0.2) is 24.0 Å². The first-order chi connectivity index (χ1) is 8.50. The summed E-state index contributed by atoms with van der Waals surface area (Å²) < 4.78 is 0. The van der Waals surface area contributed by atoms with Gasteiger partial charge < -0.3 is 5.73 Å². The van der Waals surface area contributed by atoms with Crippen LogP contribution in [0, 0.1) is 18.8 Å². The highest BCUT2D eigenvalue weighted by molar-refractivity contribution is 7.10. The molecule has 0 radical (unpaired) electrons. The number of nitrogens with zero attached hydrogens (tertiary/aromatic N) is 1. The van der Waals surface area contributed by atoms with Gasteiger partial charge in [-0.1, -0.05) is 13.8 Å². The molecule has 1 saturated heterocycles. The molecule has 4 unspecified atom stereocenters. The SMILES string of the molecule is Cc1ccsc1C(C(C)N)N1CCC(C)C(C)C1. The predicted octanol–water partition coefficient (Wildman–Crippen LogP) is 3.42. The zero-order valence-corrected chi connectivity index (χ0v) is 12.8. The molecule has 1 aromatic heterocycles. The van der Waals surface area contributed by atoms with Crippen LogP contribution < -0.4 is 5.73 Å². The molecule has 102 valence electrons. The Balaban J connectivity index is 2.19. The van der Waals surface area contributed by atoms with Crippen LogP contribution in [0.5, 0.6) is 0 Å². The van der Waals surface area contributed by atoms with Gasteiger partial charge in [0.1, 0.15) is 0 Å². The zero-order chi connectivity index (χ0) is 13.3. The molecule has 0 aromatic carbocycles. The Bertz CT molecular complexity index is 386. The van der Waals surface area contributed by atoms with Crippen molar-refractivity contribution in [2.75, 3.05) is 13.1 Å². The predicted molar refractivity (Wildman–Crippen MR) is 80.0 cm³/mol. The maximum absolute atomic E-state index is 6.27. The number of hydrogen-bond acceptors (Lipinski definition) is 3. The molecule has 1 aromatic rings. The van der Waals surface area contributed by atoms with E-state index in [1.54, 1.807) is 0 Å². The highest BCUT2D eigenvalue weighted by atomic mass is 32.1. The van der Waals surface area contributed by atoms with E-state index in [9.17, 15) is 0 Å². The Morgan fingerprint density at radius 1 is 1.39 bits per heavy atom. The van der Waals surface area contributed by atoms with Gasteiger partial charge in [0.2, 0.25) is 0 Å². The van der Waals surface area contributed by atoms with E-state index in [-0.39, 0.29) is 6.04 Å². The van der Waals surface area contributed by atoms with Crippen molar-refractivity contribution >= 4 is 11.3 Å². The summed E-state index contributed by atoms with van der Waals surface area (Å²) in [6.07, 6.45) is 1.30. The van der Waals surface area contributed by atoms with Gasteiger partial charge in [0.05, 0.1) is 6.04 Å². The molecule has 4 atom stereocenters. The maximum atomic E-state index is 6.27. The summed E-state index contributed by atoms with van der Waals surface area (Å²) in [6, 6.07) is 2.81. The van der Waals surface area contributed by atoms with Crippen LogP contribution in [0.4, 0.5) is 0 Å². The van der Waals surface area contributed by atoms with Gasteiger partial charge in [0.25, 0.3) is 0 Å². The topological polar surface area (TPSA) is 29.3 Å². The summed E-state index contributed by atoms with van der Waals surface area (Å²) in [4.78, 5) is 4.07. The van der Waals surface area contributed by atoms with Gasteiger partial charge in [-0.25, -0.2) is 0 Å². The van der Waals surface area contributed by atoms with Crippen molar-refractivity contribution in [2.24, 2.45) is 17.6 Å². The molecule has 2 rings (SSSR count). The number of rotatable bonds is 3. The molecular formula is C15H26N2S. The number of nitrogens with two attached hydrogens (primary N) is 1. The second-order valence-electron chi connectivity index (χ2n) is 6.01. The first kappa shape index (κ1) is 14.0. The van der Waals surface area contributed by atoms with E-state index < -0.39 is 0 Å². The van der Waals surface area contributed by atoms with Crippen LogP contribution in [0.15, 0.2) is 11.4 Å². The van der Waals surface area contributed by atoms with Gasteiger partial charge in [-0.05, 0) is 55.7 Å². The molecule has 0 amide bonds. The molecule has 0 bridgehead atoms. The number of likely N-dealkylation sites (tertiary alicyclic amines) is 1. The summed E-state index contributed by atoms with van der Waals surface area (Å²) in [6.45, 7) is 11.5. The Morgan fingerprint density at radius 3 is 2.61 bits per heavy atom. The van der Waals surface area contributed by atoms with Crippen LogP contribution in [0.3, 0.4) is 0 Å². The molecule has 0 aliphatic carbocycles. The van der Waals surface area contributed by atoms with Gasteiger partial charge in [-0.3, -0.25) is 4.90 Å². The minimum Gasteiger partial charge on any atom is -0.326 e.